The van der Waals surface area contributed by atoms with E-state index in [1.165, 1.54) is 5.39 Å². The second kappa shape index (κ2) is 2.97. The standard InChI is InChI=1S/C12H9ClN2/c1-7-6-9-8-4-2-3-5-10(8)14-12(9)15-11(7)13/h2-6H,1H3,(H,14,15). The molecular weight excluding hydrogens is 208 g/mol. The van der Waals surface area contributed by atoms with Gasteiger partial charge in [0, 0.05) is 16.3 Å². The monoisotopic (exact) mass is 216 g/mol. The van der Waals surface area contributed by atoms with Gasteiger partial charge in [-0.2, -0.15) is 0 Å². The summed E-state index contributed by atoms with van der Waals surface area (Å²) >= 11 is 5.98. The van der Waals surface area contributed by atoms with Crippen LogP contribution in [0.5, 0.6) is 0 Å². The molecule has 74 valence electrons. The Morgan fingerprint density at radius 3 is 2.87 bits per heavy atom. The highest BCUT2D eigenvalue weighted by molar-refractivity contribution is 6.30. The maximum Gasteiger partial charge on any atom is 0.140 e. The van der Waals surface area contributed by atoms with Crippen molar-refractivity contribution in [3.05, 3.63) is 41.0 Å². The zero-order chi connectivity index (χ0) is 10.4. The van der Waals surface area contributed by atoms with E-state index in [-0.39, 0.29) is 0 Å². The summed E-state index contributed by atoms with van der Waals surface area (Å²) in [5.74, 6) is 0. The molecule has 15 heavy (non-hydrogen) atoms. The topological polar surface area (TPSA) is 28.7 Å². The first-order valence-electron chi connectivity index (χ1n) is 4.79. The first-order valence-corrected chi connectivity index (χ1v) is 5.17. The largest absolute Gasteiger partial charge is 0.339 e. The number of aromatic amines is 1. The van der Waals surface area contributed by atoms with Crippen molar-refractivity contribution in [3.63, 3.8) is 0 Å². The number of nitrogens with zero attached hydrogens (tertiary/aromatic N) is 1. The lowest BCUT2D eigenvalue weighted by molar-refractivity contribution is 1.30. The molecule has 3 heteroatoms. The molecule has 0 bridgehead atoms. The van der Waals surface area contributed by atoms with E-state index in [1.54, 1.807) is 0 Å². The molecule has 0 unspecified atom stereocenters. The number of aryl methyl sites for hydroxylation is 1. The number of para-hydroxylation sites is 1. The van der Waals surface area contributed by atoms with Gasteiger partial charge in [0.05, 0.1) is 0 Å². The number of rotatable bonds is 0. The van der Waals surface area contributed by atoms with Crippen LogP contribution in [0.25, 0.3) is 21.9 Å². The first kappa shape index (κ1) is 8.74. The molecule has 0 fully saturated rings. The molecule has 0 aliphatic carbocycles. The second-order valence-electron chi connectivity index (χ2n) is 3.66. The van der Waals surface area contributed by atoms with E-state index in [2.05, 4.69) is 22.1 Å². The molecule has 0 amide bonds. The lowest BCUT2D eigenvalue weighted by Crippen LogP contribution is -1.81. The van der Waals surface area contributed by atoms with Gasteiger partial charge >= 0.3 is 0 Å². The van der Waals surface area contributed by atoms with Crippen LogP contribution in [0.2, 0.25) is 5.15 Å². The number of hydrogen-bond donors (Lipinski definition) is 1. The maximum absolute atomic E-state index is 5.98. The van der Waals surface area contributed by atoms with E-state index in [0.717, 1.165) is 22.1 Å². The molecule has 3 rings (SSSR count). The molecule has 3 aromatic rings. The molecule has 1 N–H and O–H groups in total. The number of aromatic nitrogens is 2. The summed E-state index contributed by atoms with van der Waals surface area (Å²) in [5, 5.41) is 2.89. The van der Waals surface area contributed by atoms with E-state index in [9.17, 15) is 0 Å². The molecule has 2 aromatic heterocycles. The molecular formula is C12H9ClN2. The van der Waals surface area contributed by atoms with Crippen LogP contribution in [0, 0.1) is 6.92 Å². The van der Waals surface area contributed by atoms with Gasteiger partial charge in [-0.1, -0.05) is 29.8 Å². The van der Waals surface area contributed by atoms with Crippen LogP contribution in [0.4, 0.5) is 0 Å². The SMILES string of the molecule is Cc1cc2c(nc1Cl)[nH]c1ccccc12. The minimum atomic E-state index is 0.564. The molecule has 0 atom stereocenters. The molecule has 2 heterocycles. The van der Waals surface area contributed by atoms with Gasteiger partial charge in [-0.15, -0.1) is 0 Å². The quantitative estimate of drug-likeness (QED) is 0.571. The average molecular weight is 217 g/mol. The van der Waals surface area contributed by atoms with E-state index in [4.69, 9.17) is 11.6 Å². The summed E-state index contributed by atoms with van der Waals surface area (Å²) in [4.78, 5) is 7.57. The van der Waals surface area contributed by atoms with E-state index < -0.39 is 0 Å². The smallest absolute Gasteiger partial charge is 0.140 e. The Morgan fingerprint density at radius 1 is 1.20 bits per heavy atom. The predicted molar refractivity (Wildman–Crippen MR) is 63.3 cm³/mol. The van der Waals surface area contributed by atoms with Crippen molar-refractivity contribution in [2.45, 2.75) is 6.92 Å². The van der Waals surface area contributed by atoms with Crippen LogP contribution >= 0.6 is 11.6 Å². The predicted octanol–water partition coefficient (Wildman–Crippen LogP) is 3.68. The number of H-pyrrole nitrogens is 1. The van der Waals surface area contributed by atoms with E-state index >= 15 is 0 Å². The van der Waals surface area contributed by atoms with Gasteiger partial charge in [-0.05, 0) is 24.6 Å². The van der Waals surface area contributed by atoms with Gasteiger partial charge in [-0.25, -0.2) is 4.98 Å². The first-order chi connectivity index (χ1) is 7.25. The Bertz CT molecular complexity index is 655. The van der Waals surface area contributed by atoms with Gasteiger partial charge in [0.25, 0.3) is 0 Å². The number of hydrogen-bond acceptors (Lipinski definition) is 1. The maximum atomic E-state index is 5.98. The Hall–Kier alpha value is -1.54. The molecule has 0 radical (unpaired) electrons. The molecule has 0 aliphatic rings. The van der Waals surface area contributed by atoms with Crippen LogP contribution in [0.1, 0.15) is 5.56 Å². The molecule has 2 nitrogen and oxygen atoms in total. The van der Waals surface area contributed by atoms with E-state index in [0.29, 0.717) is 5.15 Å². The summed E-state index contributed by atoms with van der Waals surface area (Å²) < 4.78 is 0. The van der Waals surface area contributed by atoms with Crippen LogP contribution < -0.4 is 0 Å². The van der Waals surface area contributed by atoms with Crippen molar-refractivity contribution in [3.8, 4) is 0 Å². The third-order valence-corrected chi connectivity index (χ3v) is 3.00. The zero-order valence-corrected chi connectivity index (χ0v) is 8.97. The normalized spacial score (nSPS) is 11.3. The third kappa shape index (κ3) is 1.22. The van der Waals surface area contributed by atoms with Crippen LogP contribution in [-0.4, -0.2) is 9.97 Å². The summed E-state index contributed by atoms with van der Waals surface area (Å²) in [6, 6.07) is 10.2. The second-order valence-corrected chi connectivity index (χ2v) is 4.02. The number of fused-ring (bicyclic) bond motifs is 3. The summed E-state index contributed by atoms with van der Waals surface area (Å²) in [7, 11) is 0. The Kier molecular flexibility index (Phi) is 1.73. The fourth-order valence-corrected chi connectivity index (χ4v) is 1.99. The Morgan fingerprint density at radius 2 is 2.00 bits per heavy atom. The highest BCUT2D eigenvalue weighted by Crippen LogP contribution is 2.26. The number of halogens is 1. The van der Waals surface area contributed by atoms with Crippen molar-refractivity contribution in [2.24, 2.45) is 0 Å². The van der Waals surface area contributed by atoms with Crippen molar-refractivity contribution >= 4 is 33.5 Å². The Labute approximate surface area is 91.9 Å². The lowest BCUT2D eigenvalue weighted by Gasteiger charge is -1.96. The number of nitrogens with one attached hydrogen (secondary N) is 1. The third-order valence-electron chi connectivity index (χ3n) is 2.62. The highest BCUT2D eigenvalue weighted by atomic mass is 35.5. The molecule has 1 aromatic carbocycles. The lowest BCUT2D eigenvalue weighted by atomic mass is 10.2. The van der Waals surface area contributed by atoms with Crippen LogP contribution in [0.3, 0.4) is 0 Å². The van der Waals surface area contributed by atoms with Gasteiger partial charge < -0.3 is 4.98 Å². The average Bonchev–Trinajstić information content (AvgIpc) is 2.57. The number of benzene rings is 1. The van der Waals surface area contributed by atoms with Crippen molar-refractivity contribution in [1.82, 2.24) is 9.97 Å². The Balaban J connectivity index is 2.56. The highest BCUT2D eigenvalue weighted by Gasteiger charge is 2.06. The molecule has 0 saturated carbocycles. The van der Waals surface area contributed by atoms with Gasteiger partial charge in [-0.3, -0.25) is 0 Å². The van der Waals surface area contributed by atoms with Crippen LogP contribution in [0.15, 0.2) is 30.3 Å². The summed E-state index contributed by atoms with van der Waals surface area (Å²) in [6.45, 7) is 1.97. The summed E-state index contributed by atoms with van der Waals surface area (Å²) in [6.07, 6.45) is 0. The minimum absolute atomic E-state index is 0.564. The fraction of sp³-hybridized carbons (Fsp3) is 0.0833. The molecule has 0 aliphatic heterocycles. The van der Waals surface area contributed by atoms with E-state index in [1.807, 2.05) is 25.1 Å². The van der Waals surface area contributed by atoms with Gasteiger partial charge in [0.15, 0.2) is 0 Å². The van der Waals surface area contributed by atoms with Crippen molar-refractivity contribution in [2.75, 3.05) is 0 Å². The molecule has 0 spiro atoms. The van der Waals surface area contributed by atoms with Gasteiger partial charge in [0.2, 0.25) is 0 Å². The summed E-state index contributed by atoms with van der Waals surface area (Å²) in [5.41, 5.74) is 2.96. The van der Waals surface area contributed by atoms with Crippen molar-refractivity contribution < 1.29 is 0 Å². The fourth-order valence-electron chi connectivity index (χ4n) is 1.85. The van der Waals surface area contributed by atoms with Gasteiger partial charge in [0.1, 0.15) is 10.8 Å². The minimum Gasteiger partial charge on any atom is -0.339 e. The van der Waals surface area contributed by atoms with Crippen molar-refractivity contribution in [1.29, 1.82) is 0 Å². The zero-order valence-electron chi connectivity index (χ0n) is 8.21. The molecule has 0 saturated heterocycles. The number of pyridine rings is 1. The van der Waals surface area contributed by atoms with Crippen LogP contribution in [-0.2, 0) is 0 Å².